The van der Waals surface area contributed by atoms with Crippen molar-refractivity contribution < 1.29 is 45.1 Å². The maximum Gasteiger partial charge on any atom is 0.420 e. The van der Waals surface area contributed by atoms with Crippen molar-refractivity contribution in [3.63, 3.8) is 0 Å². The van der Waals surface area contributed by atoms with Gasteiger partial charge in [0.05, 0.1) is 34.6 Å². The van der Waals surface area contributed by atoms with Crippen LogP contribution < -0.4 is 5.76 Å². The molecule has 0 amide bonds. The summed E-state index contributed by atoms with van der Waals surface area (Å²) in [6, 6.07) is 13.3. The van der Waals surface area contributed by atoms with Crippen LogP contribution in [-0.4, -0.2) is 20.6 Å². The number of alkyl halides is 6. The predicted octanol–water partition coefficient (Wildman–Crippen LogP) is 9.25. The van der Waals surface area contributed by atoms with Gasteiger partial charge in [-0.05, 0) is 85.8 Å². The zero-order valence-electron chi connectivity index (χ0n) is 25.3. The average molecular weight is 671 g/mol. The number of carbonyl (C=O) groups is 1. The number of hydrogen-bond acceptors (Lipinski definition) is 4. The van der Waals surface area contributed by atoms with Crippen LogP contribution in [0.1, 0.15) is 62.9 Å². The first-order valence-corrected chi connectivity index (χ1v) is 14.7. The van der Waals surface area contributed by atoms with Crippen LogP contribution in [0, 0.1) is 19.7 Å². The van der Waals surface area contributed by atoms with Crippen LogP contribution in [0.5, 0.6) is 0 Å². The number of aromatic nitrogens is 2. The Morgan fingerprint density at radius 3 is 2.08 bits per heavy atom. The van der Waals surface area contributed by atoms with Gasteiger partial charge in [0.15, 0.2) is 5.76 Å². The van der Waals surface area contributed by atoms with Crippen LogP contribution in [0.4, 0.5) is 30.7 Å². The molecule has 0 spiro atoms. The Labute approximate surface area is 268 Å². The van der Waals surface area contributed by atoms with Crippen LogP contribution in [0.15, 0.2) is 75.9 Å². The zero-order valence-corrected chi connectivity index (χ0v) is 25.3. The maximum absolute atomic E-state index is 15.0. The quantitative estimate of drug-likeness (QED) is 0.175. The molecule has 0 saturated heterocycles. The summed E-state index contributed by atoms with van der Waals surface area (Å²) in [5, 5.41) is 9.22. The average Bonchev–Trinajstić information content (AvgIpc) is 3.83. The number of nitrogens with zero attached hydrogens (tertiary/aromatic N) is 2. The number of hydrogen-bond donors (Lipinski definition) is 1. The van der Waals surface area contributed by atoms with E-state index in [2.05, 4.69) is 0 Å². The minimum absolute atomic E-state index is 0.00363. The van der Waals surface area contributed by atoms with Crippen molar-refractivity contribution in [2.24, 2.45) is 0 Å². The molecule has 1 saturated carbocycles. The molecule has 13 heteroatoms. The lowest BCUT2D eigenvalue weighted by Gasteiger charge is -2.16. The molecule has 48 heavy (non-hydrogen) atoms. The summed E-state index contributed by atoms with van der Waals surface area (Å²) in [4.78, 5) is 29.3. The molecule has 2 heterocycles. The topological polar surface area (TPSA) is 85.3 Å². The van der Waals surface area contributed by atoms with Gasteiger partial charge in [-0.25, -0.2) is 14.0 Å². The third-order valence-corrected chi connectivity index (χ3v) is 8.35. The molecule has 5 aromatic rings. The van der Waals surface area contributed by atoms with E-state index in [4.69, 9.17) is 9.40 Å². The Hall–Kier alpha value is -5.20. The Morgan fingerprint density at radius 1 is 0.854 bits per heavy atom. The number of benzene rings is 3. The van der Waals surface area contributed by atoms with Gasteiger partial charge in [0.1, 0.15) is 5.82 Å². The molecule has 1 aliphatic rings. The van der Waals surface area contributed by atoms with Crippen molar-refractivity contribution in [1.82, 2.24) is 9.55 Å². The molecule has 0 bridgehead atoms. The maximum atomic E-state index is 15.0. The first-order chi connectivity index (χ1) is 22.5. The summed E-state index contributed by atoms with van der Waals surface area (Å²) in [5.41, 5.74) is -0.264. The molecule has 248 valence electrons. The number of carboxylic acids is 1. The largest absolute Gasteiger partial charge is 0.478 e. The van der Waals surface area contributed by atoms with Gasteiger partial charge in [-0.3, -0.25) is 9.55 Å². The SMILES string of the molecule is Cc1ccc(-c2ccc(C(=O)O)cc2F)cc1-c1ccc(C2CC2)nc1Cn1c(C)c(-c2cc(C(F)(F)F)cc(C(F)(F)F)c2)oc1=O. The highest BCUT2D eigenvalue weighted by Gasteiger charge is 2.38. The van der Waals surface area contributed by atoms with E-state index < -0.39 is 52.3 Å². The van der Waals surface area contributed by atoms with E-state index in [0.29, 0.717) is 34.5 Å². The van der Waals surface area contributed by atoms with E-state index in [1.807, 2.05) is 6.07 Å². The monoisotopic (exact) mass is 670 g/mol. The summed E-state index contributed by atoms with van der Waals surface area (Å²) >= 11 is 0. The second kappa shape index (κ2) is 11.8. The Balaban J connectivity index is 1.45. The number of oxazole rings is 1. The van der Waals surface area contributed by atoms with E-state index in [9.17, 15) is 41.0 Å². The summed E-state index contributed by atoms with van der Waals surface area (Å²) in [6.45, 7) is 2.93. The van der Waals surface area contributed by atoms with Crippen molar-refractivity contribution in [2.75, 3.05) is 0 Å². The van der Waals surface area contributed by atoms with Crippen LogP contribution in [0.2, 0.25) is 0 Å². The lowest BCUT2D eigenvalue weighted by Crippen LogP contribution is -2.18. The molecule has 2 aromatic heterocycles. The third kappa shape index (κ3) is 6.36. The van der Waals surface area contributed by atoms with Crippen LogP contribution >= 0.6 is 0 Å². The number of rotatable bonds is 7. The summed E-state index contributed by atoms with van der Waals surface area (Å²) < 4.78 is 103. The molecule has 0 aliphatic heterocycles. The standard InChI is InChI=1S/C35H25F7N2O4/c1-17-3-4-20(25-8-7-21(32(45)46)14-28(25)36)13-27(17)26-9-10-29(19-5-6-19)43-30(26)16-44-18(2)31(48-33(44)47)22-11-23(34(37,38)39)15-24(12-22)35(40,41)42/h3-4,7-15,19H,5-6,16H2,1-2H3,(H,45,46). The molecule has 0 atom stereocenters. The fourth-order valence-electron chi connectivity index (χ4n) is 5.61. The third-order valence-electron chi connectivity index (χ3n) is 8.35. The molecule has 1 N–H and O–H groups in total. The van der Waals surface area contributed by atoms with Gasteiger partial charge in [-0.15, -0.1) is 0 Å². The summed E-state index contributed by atoms with van der Waals surface area (Å²) in [6.07, 6.45) is -8.39. The van der Waals surface area contributed by atoms with Crippen molar-refractivity contribution in [1.29, 1.82) is 0 Å². The zero-order chi connectivity index (χ0) is 34.7. The van der Waals surface area contributed by atoms with Gasteiger partial charge in [0.25, 0.3) is 0 Å². The number of carboxylic acid groups (broad SMARTS) is 1. The first kappa shape index (κ1) is 32.7. The summed E-state index contributed by atoms with van der Waals surface area (Å²) in [7, 11) is 0. The first-order valence-electron chi connectivity index (χ1n) is 14.7. The van der Waals surface area contributed by atoms with Crippen LogP contribution in [0.3, 0.4) is 0 Å². The predicted molar refractivity (Wildman–Crippen MR) is 161 cm³/mol. The molecule has 1 fully saturated rings. The number of aromatic carboxylic acids is 1. The summed E-state index contributed by atoms with van der Waals surface area (Å²) in [5.74, 6) is -3.29. The fourth-order valence-corrected chi connectivity index (χ4v) is 5.61. The normalized spacial score (nSPS) is 13.6. The Kier molecular flexibility index (Phi) is 8.04. The Morgan fingerprint density at radius 2 is 1.50 bits per heavy atom. The highest BCUT2D eigenvalue weighted by Crippen LogP contribution is 2.42. The van der Waals surface area contributed by atoms with Crippen molar-refractivity contribution in [3.8, 4) is 33.6 Å². The van der Waals surface area contributed by atoms with E-state index >= 15 is 4.39 Å². The molecule has 0 unspecified atom stereocenters. The van der Waals surface area contributed by atoms with Gasteiger partial charge in [-0.1, -0.05) is 24.3 Å². The minimum Gasteiger partial charge on any atom is -0.478 e. The lowest BCUT2D eigenvalue weighted by atomic mass is 9.93. The minimum atomic E-state index is -5.09. The smallest absolute Gasteiger partial charge is 0.420 e. The van der Waals surface area contributed by atoms with Crippen LogP contribution in [0.25, 0.3) is 33.6 Å². The van der Waals surface area contributed by atoms with Crippen molar-refractivity contribution >= 4 is 5.97 Å². The number of halogens is 7. The molecule has 6 rings (SSSR count). The molecule has 3 aromatic carbocycles. The van der Waals surface area contributed by atoms with Gasteiger partial charge in [0, 0.05) is 28.3 Å². The van der Waals surface area contributed by atoms with Gasteiger partial charge in [-0.2, -0.15) is 26.3 Å². The number of aryl methyl sites for hydroxylation is 1. The van der Waals surface area contributed by atoms with E-state index in [-0.39, 0.29) is 35.3 Å². The lowest BCUT2D eigenvalue weighted by molar-refractivity contribution is -0.143. The van der Waals surface area contributed by atoms with E-state index in [1.165, 1.54) is 19.1 Å². The number of pyridine rings is 1. The molecule has 1 aliphatic carbocycles. The highest BCUT2D eigenvalue weighted by molar-refractivity contribution is 5.88. The molecule has 0 radical (unpaired) electrons. The van der Waals surface area contributed by atoms with Crippen molar-refractivity contribution in [2.45, 2.75) is 51.5 Å². The van der Waals surface area contributed by atoms with Gasteiger partial charge >= 0.3 is 24.1 Å². The van der Waals surface area contributed by atoms with Crippen molar-refractivity contribution in [3.05, 3.63) is 122 Å². The van der Waals surface area contributed by atoms with E-state index in [1.54, 1.807) is 31.2 Å². The Bertz CT molecular complexity index is 2110. The highest BCUT2D eigenvalue weighted by atomic mass is 19.4. The fraction of sp³-hybridized carbons (Fsp3) is 0.229. The molecular formula is C35H25F7N2O4. The van der Waals surface area contributed by atoms with Gasteiger partial charge < -0.3 is 9.52 Å². The second-order valence-corrected chi connectivity index (χ2v) is 11.7. The van der Waals surface area contributed by atoms with Gasteiger partial charge in [0.2, 0.25) is 0 Å². The van der Waals surface area contributed by atoms with Crippen LogP contribution in [-0.2, 0) is 18.9 Å². The second-order valence-electron chi connectivity index (χ2n) is 11.7. The molecular weight excluding hydrogens is 645 g/mol. The molecule has 6 nitrogen and oxygen atoms in total. The van der Waals surface area contributed by atoms with E-state index in [0.717, 1.165) is 34.7 Å².